The van der Waals surface area contributed by atoms with Crippen LogP contribution in [0, 0.1) is 0 Å². The summed E-state index contributed by atoms with van der Waals surface area (Å²) >= 11 is 0. The van der Waals surface area contributed by atoms with E-state index in [9.17, 15) is 0 Å². The van der Waals surface area contributed by atoms with Crippen molar-refractivity contribution >= 4 is 29.9 Å². The SMILES string of the molecule is CCNC(=NCC1(C)CCCO1)NCCN(C)CCOC.I. The van der Waals surface area contributed by atoms with E-state index in [4.69, 9.17) is 9.47 Å². The normalized spacial score (nSPS) is 21.8. The van der Waals surface area contributed by atoms with E-state index in [0.717, 1.165) is 58.2 Å². The quantitative estimate of drug-likeness (QED) is 0.330. The monoisotopic (exact) mass is 428 g/mol. The lowest BCUT2D eigenvalue weighted by Crippen LogP contribution is -2.42. The third-order valence-electron chi connectivity index (χ3n) is 3.68. The third-order valence-corrected chi connectivity index (χ3v) is 3.68. The lowest BCUT2D eigenvalue weighted by Gasteiger charge is -2.22. The maximum absolute atomic E-state index is 5.77. The maximum Gasteiger partial charge on any atom is 0.191 e. The summed E-state index contributed by atoms with van der Waals surface area (Å²) in [6, 6.07) is 0. The summed E-state index contributed by atoms with van der Waals surface area (Å²) in [4.78, 5) is 6.89. The first-order chi connectivity index (χ1) is 10.1. The lowest BCUT2D eigenvalue weighted by molar-refractivity contribution is 0.0283. The van der Waals surface area contributed by atoms with Gasteiger partial charge >= 0.3 is 0 Å². The maximum atomic E-state index is 5.77. The molecule has 1 saturated heterocycles. The molecule has 0 amide bonds. The highest BCUT2D eigenvalue weighted by Gasteiger charge is 2.29. The van der Waals surface area contributed by atoms with Crippen LogP contribution in [0.1, 0.15) is 26.7 Å². The van der Waals surface area contributed by atoms with Crippen molar-refractivity contribution in [3.63, 3.8) is 0 Å². The van der Waals surface area contributed by atoms with Crippen LogP contribution in [-0.4, -0.2) is 76.6 Å². The Morgan fingerprint density at radius 2 is 2.14 bits per heavy atom. The Labute approximate surface area is 152 Å². The molecular formula is C15H33IN4O2. The molecule has 1 aliphatic rings. The molecule has 22 heavy (non-hydrogen) atoms. The second-order valence-corrected chi connectivity index (χ2v) is 5.82. The van der Waals surface area contributed by atoms with E-state index in [0.29, 0.717) is 6.54 Å². The van der Waals surface area contributed by atoms with Crippen molar-refractivity contribution < 1.29 is 9.47 Å². The van der Waals surface area contributed by atoms with Crippen LogP contribution < -0.4 is 10.6 Å². The minimum Gasteiger partial charge on any atom is -0.383 e. The molecule has 0 aromatic carbocycles. The zero-order valence-corrected chi connectivity index (χ0v) is 16.8. The van der Waals surface area contributed by atoms with Crippen molar-refractivity contribution in [2.24, 2.45) is 4.99 Å². The topological polar surface area (TPSA) is 58.1 Å². The van der Waals surface area contributed by atoms with Crippen LogP contribution in [0.15, 0.2) is 4.99 Å². The molecule has 0 aromatic heterocycles. The lowest BCUT2D eigenvalue weighted by atomic mass is 10.0. The van der Waals surface area contributed by atoms with Crippen LogP contribution in [0.25, 0.3) is 0 Å². The molecule has 2 N–H and O–H groups in total. The van der Waals surface area contributed by atoms with Gasteiger partial charge in [0.1, 0.15) is 0 Å². The van der Waals surface area contributed by atoms with Gasteiger partial charge in [-0.15, -0.1) is 24.0 Å². The second-order valence-electron chi connectivity index (χ2n) is 5.82. The summed E-state index contributed by atoms with van der Waals surface area (Å²) in [6.45, 7) is 10.2. The Hall–Kier alpha value is -0.120. The predicted molar refractivity (Wildman–Crippen MR) is 102 cm³/mol. The van der Waals surface area contributed by atoms with Crippen LogP contribution >= 0.6 is 24.0 Å². The molecule has 1 unspecified atom stereocenters. The van der Waals surface area contributed by atoms with Crippen LogP contribution in [0.5, 0.6) is 0 Å². The van der Waals surface area contributed by atoms with Crippen molar-refractivity contribution in [3.8, 4) is 0 Å². The van der Waals surface area contributed by atoms with Crippen LogP contribution in [0.4, 0.5) is 0 Å². The van der Waals surface area contributed by atoms with Gasteiger partial charge in [-0.3, -0.25) is 4.99 Å². The van der Waals surface area contributed by atoms with Gasteiger partial charge in [-0.25, -0.2) is 0 Å². The second kappa shape index (κ2) is 12.3. The van der Waals surface area contributed by atoms with E-state index in [1.54, 1.807) is 7.11 Å². The van der Waals surface area contributed by atoms with Crippen LogP contribution in [0.2, 0.25) is 0 Å². The molecule has 1 aliphatic heterocycles. The molecule has 0 radical (unpaired) electrons. The number of likely N-dealkylation sites (N-methyl/N-ethyl adjacent to an activating group) is 1. The van der Waals surface area contributed by atoms with Gasteiger partial charge in [-0.2, -0.15) is 0 Å². The number of halogens is 1. The number of guanidine groups is 1. The van der Waals surface area contributed by atoms with E-state index in [1.807, 2.05) is 0 Å². The van der Waals surface area contributed by atoms with Gasteiger partial charge < -0.3 is 25.0 Å². The van der Waals surface area contributed by atoms with Gasteiger partial charge in [0.05, 0.1) is 18.8 Å². The van der Waals surface area contributed by atoms with Gasteiger partial charge in [0.25, 0.3) is 0 Å². The first-order valence-electron chi connectivity index (χ1n) is 7.93. The fraction of sp³-hybridized carbons (Fsp3) is 0.933. The molecule has 1 atom stereocenters. The molecule has 1 fully saturated rings. The van der Waals surface area contributed by atoms with Gasteiger partial charge in [0, 0.05) is 39.9 Å². The van der Waals surface area contributed by atoms with E-state index in [1.165, 1.54) is 0 Å². The number of ether oxygens (including phenoxy) is 2. The third kappa shape index (κ3) is 9.12. The summed E-state index contributed by atoms with van der Waals surface area (Å²) in [7, 11) is 3.83. The first kappa shape index (κ1) is 21.9. The Balaban J connectivity index is 0.00000441. The number of nitrogens with zero attached hydrogens (tertiary/aromatic N) is 2. The molecule has 0 spiro atoms. The van der Waals surface area contributed by atoms with Crippen LogP contribution in [0.3, 0.4) is 0 Å². The number of hydrogen-bond donors (Lipinski definition) is 2. The molecule has 132 valence electrons. The molecule has 7 heteroatoms. The largest absolute Gasteiger partial charge is 0.383 e. The average molecular weight is 428 g/mol. The summed E-state index contributed by atoms with van der Waals surface area (Å²) in [5, 5.41) is 6.65. The highest BCUT2D eigenvalue weighted by atomic mass is 127. The van der Waals surface area contributed by atoms with E-state index >= 15 is 0 Å². The minimum absolute atomic E-state index is 0. The van der Waals surface area contributed by atoms with E-state index in [-0.39, 0.29) is 29.6 Å². The standard InChI is InChI=1S/C15H32N4O2.HI/c1-5-16-14(17-8-9-19(3)10-12-20-4)18-13-15(2)7-6-11-21-15;/h5-13H2,1-4H3,(H2,16,17,18);1H. The molecule has 0 bridgehead atoms. The highest BCUT2D eigenvalue weighted by Crippen LogP contribution is 2.24. The predicted octanol–water partition coefficient (Wildman–Crippen LogP) is 1.31. The summed E-state index contributed by atoms with van der Waals surface area (Å²) < 4.78 is 10.8. The summed E-state index contributed by atoms with van der Waals surface area (Å²) in [5.41, 5.74) is -0.0857. The number of hydrogen-bond acceptors (Lipinski definition) is 4. The molecular weight excluding hydrogens is 395 g/mol. The number of methoxy groups -OCH3 is 1. The zero-order chi connectivity index (χ0) is 15.6. The smallest absolute Gasteiger partial charge is 0.191 e. The Bertz CT molecular complexity index is 310. The average Bonchev–Trinajstić information content (AvgIpc) is 2.90. The van der Waals surface area contributed by atoms with Crippen molar-refractivity contribution in [2.45, 2.75) is 32.3 Å². The van der Waals surface area contributed by atoms with Gasteiger partial charge in [0.15, 0.2) is 5.96 Å². The van der Waals surface area contributed by atoms with Crippen molar-refractivity contribution in [2.75, 3.05) is 60.1 Å². The zero-order valence-electron chi connectivity index (χ0n) is 14.5. The molecule has 1 rings (SSSR count). The van der Waals surface area contributed by atoms with Crippen molar-refractivity contribution in [1.82, 2.24) is 15.5 Å². The van der Waals surface area contributed by atoms with E-state index < -0.39 is 0 Å². The summed E-state index contributed by atoms with van der Waals surface area (Å²) in [5.74, 6) is 0.870. The minimum atomic E-state index is -0.0857. The fourth-order valence-corrected chi connectivity index (χ4v) is 2.27. The molecule has 0 aromatic rings. The molecule has 1 heterocycles. The molecule has 6 nitrogen and oxygen atoms in total. The van der Waals surface area contributed by atoms with Gasteiger partial charge in [-0.05, 0) is 33.7 Å². The van der Waals surface area contributed by atoms with Crippen molar-refractivity contribution in [1.29, 1.82) is 0 Å². The highest BCUT2D eigenvalue weighted by molar-refractivity contribution is 14.0. The fourth-order valence-electron chi connectivity index (χ4n) is 2.27. The number of aliphatic imine (C=N–C) groups is 1. The van der Waals surface area contributed by atoms with Gasteiger partial charge in [-0.1, -0.05) is 0 Å². The van der Waals surface area contributed by atoms with Gasteiger partial charge in [0.2, 0.25) is 0 Å². The number of rotatable bonds is 9. The Morgan fingerprint density at radius 1 is 1.36 bits per heavy atom. The summed E-state index contributed by atoms with van der Waals surface area (Å²) in [6.07, 6.45) is 2.23. The number of nitrogens with one attached hydrogen (secondary N) is 2. The van der Waals surface area contributed by atoms with Crippen LogP contribution in [-0.2, 0) is 9.47 Å². The Kier molecular flexibility index (Phi) is 12.3. The molecule has 0 saturated carbocycles. The van der Waals surface area contributed by atoms with E-state index in [2.05, 4.69) is 41.4 Å². The first-order valence-corrected chi connectivity index (χ1v) is 7.93. The Morgan fingerprint density at radius 3 is 2.73 bits per heavy atom. The molecule has 0 aliphatic carbocycles. The van der Waals surface area contributed by atoms with Crippen molar-refractivity contribution in [3.05, 3.63) is 0 Å².